The van der Waals surface area contributed by atoms with E-state index in [1.807, 2.05) is 84.7 Å². The Morgan fingerprint density at radius 1 is 0.900 bits per heavy atom. The van der Waals surface area contributed by atoms with Crippen LogP contribution in [0.25, 0.3) is 11.1 Å². The minimum Gasteiger partial charge on any atom is -0.508 e. The van der Waals surface area contributed by atoms with Gasteiger partial charge in [0.1, 0.15) is 12.3 Å². The van der Waals surface area contributed by atoms with E-state index in [4.69, 9.17) is 14.2 Å². The number of nitrogens with zero attached hydrogens (tertiary/aromatic N) is 1. The highest BCUT2D eigenvalue weighted by molar-refractivity contribution is 5.80. The molecule has 0 radical (unpaired) electrons. The van der Waals surface area contributed by atoms with E-state index in [0.29, 0.717) is 25.1 Å². The second-order valence-corrected chi connectivity index (χ2v) is 12.3. The van der Waals surface area contributed by atoms with Crippen LogP contribution in [-0.4, -0.2) is 71.6 Å². The van der Waals surface area contributed by atoms with Crippen LogP contribution in [0.3, 0.4) is 0 Å². The molecule has 1 aliphatic heterocycles. The van der Waals surface area contributed by atoms with Crippen LogP contribution in [0.1, 0.15) is 59.7 Å². The number of phenolic OH excluding ortho intramolecular Hbond substituents is 1. The van der Waals surface area contributed by atoms with Crippen LogP contribution in [0.15, 0.2) is 97.1 Å². The van der Waals surface area contributed by atoms with Crippen molar-refractivity contribution < 1.29 is 39.1 Å². The molecule has 5 rings (SSSR count). The minimum atomic E-state index is -0.778. The summed E-state index contributed by atoms with van der Waals surface area (Å²) in [6.07, 6.45) is -1.29. The van der Waals surface area contributed by atoms with Crippen LogP contribution in [0, 0.1) is 0 Å². The van der Waals surface area contributed by atoms with Gasteiger partial charge in [-0.2, -0.15) is 0 Å². The van der Waals surface area contributed by atoms with Gasteiger partial charge < -0.3 is 45.1 Å². The molecule has 4 atom stereocenters. The summed E-state index contributed by atoms with van der Waals surface area (Å²) < 4.78 is 17.9. The fourth-order valence-electron chi connectivity index (χ4n) is 5.89. The summed E-state index contributed by atoms with van der Waals surface area (Å²) in [6.45, 7) is 2.91. The number of phenols is 1. The van der Waals surface area contributed by atoms with Gasteiger partial charge in [0.05, 0.1) is 31.5 Å². The number of aliphatic hydroxyl groups is 2. The molecule has 2 amide bonds. The molecule has 0 saturated carbocycles. The third-order valence-corrected chi connectivity index (χ3v) is 8.46. The Bertz CT molecular complexity index is 1700. The number of carbonyl (C=O) groups is 2. The van der Waals surface area contributed by atoms with Crippen LogP contribution in [0.4, 0.5) is 4.79 Å². The number of nitrogens with one attached hydrogen (secondary N) is 2. The van der Waals surface area contributed by atoms with E-state index in [0.717, 1.165) is 33.4 Å². The quantitative estimate of drug-likeness (QED) is 0.114. The molecule has 5 N–H and O–H groups in total. The molecule has 4 unspecified atom stereocenters. The number of amides is 2. The van der Waals surface area contributed by atoms with Gasteiger partial charge in [-0.25, -0.2) is 4.79 Å². The van der Waals surface area contributed by atoms with Gasteiger partial charge in [-0.15, -0.1) is 0 Å². The monoisotopic (exact) mass is 683 g/mol. The number of esters is 1. The Morgan fingerprint density at radius 2 is 1.64 bits per heavy atom. The molecule has 1 heterocycles. The third kappa shape index (κ3) is 10.4. The summed E-state index contributed by atoms with van der Waals surface area (Å²) in [6, 6.07) is 29.7. The average molecular weight is 684 g/mol. The predicted octanol–water partition coefficient (Wildman–Crippen LogP) is 5.12. The smallest absolute Gasteiger partial charge is 0.325 e. The van der Waals surface area contributed by atoms with Gasteiger partial charge >= 0.3 is 12.0 Å². The van der Waals surface area contributed by atoms with Crippen molar-refractivity contribution in [3.05, 3.63) is 125 Å². The van der Waals surface area contributed by atoms with Gasteiger partial charge in [-0.05, 0) is 65.6 Å². The highest BCUT2D eigenvalue weighted by Gasteiger charge is 2.33. The van der Waals surface area contributed by atoms with Crippen LogP contribution < -0.4 is 10.6 Å². The van der Waals surface area contributed by atoms with E-state index >= 15 is 0 Å². The molecule has 1 fully saturated rings. The van der Waals surface area contributed by atoms with Crippen molar-refractivity contribution in [2.45, 2.75) is 51.1 Å². The van der Waals surface area contributed by atoms with Crippen molar-refractivity contribution in [1.29, 1.82) is 0 Å². The Morgan fingerprint density at radius 3 is 2.36 bits per heavy atom. The normalized spacial score (nSPS) is 18.0. The first-order valence-corrected chi connectivity index (χ1v) is 16.7. The molecule has 0 bridgehead atoms. The van der Waals surface area contributed by atoms with E-state index in [2.05, 4.69) is 10.6 Å². The fourth-order valence-corrected chi connectivity index (χ4v) is 5.89. The summed E-state index contributed by atoms with van der Waals surface area (Å²) >= 11 is 0. The number of aromatic hydroxyl groups is 1. The second-order valence-electron chi connectivity index (χ2n) is 12.3. The first-order chi connectivity index (χ1) is 24.2. The summed E-state index contributed by atoms with van der Waals surface area (Å²) in [5, 5.41) is 35.5. The molecule has 1 aliphatic rings. The standard InChI is InChI=1S/C39H45N3O8/c1-3-48-37(46)22-41-39(47)40-21-27-6-4-7-31(18-27)28-14-16-30(17-15-28)38-49-34(20-36(50-38)29-12-10-26(25-43)11-13-29)23-42(2)24-35(45)32-8-5-9-33(44)19-32/h4-19,34-36,38,43-45H,3,20-25H2,1-2H3,(H2,40,41,47). The molecule has 11 heteroatoms. The summed E-state index contributed by atoms with van der Waals surface area (Å²) in [5.41, 5.74) is 6.15. The molecule has 11 nitrogen and oxygen atoms in total. The molecule has 50 heavy (non-hydrogen) atoms. The number of hydrogen-bond donors (Lipinski definition) is 5. The van der Waals surface area contributed by atoms with Crippen molar-refractivity contribution in [1.82, 2.24) is 15.5 Å². The lowest BCUT2D eigenvalue weighted by atomic mass is 9.99. The Hall–Kier alpha value is -4.78. The van der Waals surface area contributed by atoms with E-state index in [1.165, 1.54) is 0 Å². The van der Waals surface area contributed by atoms with Crippen molar-refractivity contribution in [3.63, 3.8) is 0 Å². The van der Waals surface area contributed by atoms with E-state index in [1.54, 1.807) is 31.2 Å². The molecular weight excluding hydrogens is 638 g/mol. The largest absolute Gasteiger partial charge is 0.508 e. The molecule has 0 aromatic heterocycles. The minimum absolute atomic E-state index is 0.0370. The van der Waals surface area contributed by atoms with Crippen LogP contribution in [0.5, 0.6) is 5.75 Å². The predicted molar refractivity (Wildman–Crippen MR) is 188 cm³/mol. The zero-order valence-electron chi connectivity index (χ0n) is 28.3. The van der Waals surface area contributed by atoms with Crippen LogP contribution in [0.2, 0.25) is 0 Å². The zero-order chi connectivity index (χ0) is 35.5. The first-order valence-electron chi connectivity index (χ1n) is 16.7. The highest BCUT2D eigenvalue weighted by Crippen LogP contribution is 2.38. The maximum atomic E-state index is 12.1. The number of urea groups is 1. The van der Waals surface area contributed by atoms with Crippen molar-refractivity contribution in [2.24, 2.45) is 0 Å². The number of aliphatic hydroxyl groups excluding tert-OH is 2. The lowest BCUT2D eigenvalue weighted by molar-refractivity contribution is -0.252. The van der Waals surface area contributed by atoms with Crippen molar-refractivity contribution in [3.8, 4) is 16.9 Å². The second kappa shape index (κ2) is 17.7. The van der Waals surface area contributed by atoms with Gasteiger partial charge in [0.15, 0.2) is 6.29 Å². The van der Waals surface area contributed by atoms with Gasteiger partial charge in [0.25, 0.3) is 0 Å². The molecule has 4 aromatic rings. The maximum absolute atomic E-state index is 12.1. The fraction of sp³-hybridized carbons (Fsp3) is 0.333. The molecule has 0 aliphatic carbocycles. The third-order valence-electron chi connectivity index (χ3n) is 8.46. The molecular formula is C39H45N3O8. The van der Waals surface area contributed by atoms with E-state index in [-0.39, 0.29) is 44.3 Å². The number of ether oxygens (including phenoxy) is 3. The van der Waals surface area contributed by atoms with E-state index in [9.17, 15) is 24.9 Å². The lowest BCUT2D eigenvalue weighted by Gasteiger charge is -2.38. The average Bonchev–Trinajstić information content (AvgIpc) is 3.13. The first kappa shape index (κ1) is 36.5. The molecule has 0 spiro atoms. The summed E-state index contributed by atoms with van der Waals surface area (Å²) in [4.78, 5) is 25.6. The van der Waals surface area contributed by atoms with E-state index < -0.39 is 24.4 Å². The number of rotatable bonds is 14. The van der Waals surface area contributed by atoms with Crippen molar-refractivity contribution in [2.75, 3.05) is 33.3 Å². The zero-order valence-corrected chi connectivity index (χ0v) is 28.3. The topological polar surface area (TPSA) is 150 Å². The molecule has 4 aromatic carbocycles. The molecule has 1 saturated heterocycles. The Balaban J connectivity index is 1.25. The van der Waals surface area contributed by atoms with Crippen LogP contribution >= 0.6 is 0 Å². The van der Waals surface area contributed by atoms with Crippen LogP contribution in [-0.2, 0) is 32.2 Å². The summed E-state index contributed by atoms with van der Waals surface area (Å²) in [5.74, 6) is -0.382. The maximum Gasteiger partial charge on any atom is 0.325 e. The number of hydrogen-bond acceptors (Lipinski definition) is 9. The Labute approximate surface area is 292 Å². The Kier molecular flexibility index (Phi) is 13.0. The number of likely N-dealkylation sites (N-methyl/N-ethyl adjacent to an activating group) is 1. The van der Waals surface area contributed by atoms with Gasteiger partial charge in [-0.3, -0.25) is 4.79 Å². The van der Waals surface area contributed by atoms with Gasteiger partial charge in [-0.1, -0.05) is 78.9 Å². The highest BCUT2D eigenvalue weighted by atomic mass is 16.7. The van der Waals surface area contributed by atoms with Gasteiger partial charge in [0, 0.05) is 31.6 Å². The number of carbonyl (C=O) groups excluding carboxylic acids is 2. The molecule has 264 valence electrons. The SMILES string of the molecule is CCOC(=O)CNC(=O)NCc1cccc(-c2ccc(C3OC(CN(C)CC(O)c4cccc(O)c4)CC(c4ccc(CO)cc4)O3)cc2)c1. The summed E-state index contributed by atoms with van der Waals surface area (Å²) in [7, 11) is 1.93. The van der Waals surface area contributed by atoms with Gasteiger partial charge in [0.2, 0.25) is 0 Å². The number of benzene rings is 4. The lowest BCUT2D eigenvalue weighted by Crippen LogP contribution is -2.39. The van der Waals surface area contributed by atoms with Crippen molar-refractivity contribution >= 4 is 12.0 Å².